The monoisotopic (exact) mass is 295 g/mol. The zero-order valence-corrected chi connectivity index (χ0v) is 12.2. The van der Waals surface area contributed by atoms with E-state index < -0.39 is 0 Å². The summed E-state index contributed by atoms with van der Waals surface area (Å²) in [5.74, 6) is 2.91. The van der Waals surface area contributed by atoms with Crippen LogP contribution in [-0.4, -0.2) is 28.4 Å². The van der Waals surface area contributed by atoms with Crippen molar-refractivity contribution in [2.75, 3.05) is 13.2 Å². The first-order valence-electron chi connectivity index (χ1n) is 7.54. The van der Waals surface area contributed by atoms with Crippen molar-refractivity contribution in [2.45, 2.75) is 18.8 Å². The quantitative estimate of drug-likeness (QED) is 0.924. The lowest BCUT2D eigenvalue weighted by Gasteiger charge is -2.19. The third-order valence-electron chi connectivity index (χ3n) is 4.04. The van der Waals surface area contributed by atoms with Gasteiger partial charge in [-0.25, -0.2) is 4.98 Å². The van der Waals surface area contributed by atoms with E-state index in [1.165, 1.54) is 0 Å². The van der Waals surface area contributed by atoms with E-state index in [0.717, 1.165) is 48.8 Å². The number of benzene rings is 1. The van der Waals surface area contributed by atoms with Gasteiger partial charge in [0.2, 0.25) is 0 Å². The zero-order chi connectivity index (χ0) is 14.8. The molecule has 0 bridgehead atoms. The standard InChI is InChI=1S/C17H17N3O2/c1-2-4-15-13(3-1)11-14(7-10-22-15)17-18-16(19-20-17)12-5-8-21-9-6-12/h1-4,7,10-12H,5-6,8-9H2,(H,18,19,20). The predicted octanol–water partition coefficient (Wildman–Crippen LogP) is 3.15. The Bertz CT molecular complexity index is 727. The van der Waals surface area contributed by atoms with Gasteiger partial charge < -0.3 is 9.47 Å². The number of H-pyrrole nitrogens is 1. The van der Waals surface area contributed by atoms with E-state index >= 15 is 0 Å². The van der Waals surface area contributed by atoms with Gasteiger partial charge in [-0.1, -0.05) is 18.2 Å². The second-order valence-corrected chi connectivity index (χ2v) is 5.49. The second kappa shape index (κ2) is 5.77. The normalized spacial score (nSPS) is 18.3. The molecule has 0 aliphatic carbocycles. The molecule has 1 aromatic heterocycles. The Hall–Kier alpha value is -2.40. The Kier molecular flexibility index (Phi) is 3.48. The number of fused-ring (bicyclic) bond motifs is 1. The Labute approximate surface area is 128 Å². The van der Waals surface area contributed by atoms with Crippen LogP contribution in [0.3, 0.4) is 0 Å². The van der Waals surface area contributed by atoms with Crippen molar-refractivity contribution < 1.29 is 9.47 Å². The van der Waals surface area contributed by atoms with Crippen molar-refractivity contribution in [3.05, 3.63) is 53.8 Å². The number of aromatic nitrogens is 3. The maximum atomic E-state index is 5.61. The maximum absolute atomic E-state index is 5.61. The molecule has 3 heterocycles. The first-order valence-corrected chi connectivity index (χ1v) is 7.54. The molecule has 1 N–H and O–H groups in total. The van der Waals surface area contributed by atoms with Gasteiger partial charge in [0.25, 0.3) is 0 Å². The molecule has 0 radical (unpaired) electrons. The highest BCUT2D eigenvalue weighted by Gasteiger charge is 2.20. The summed E-state index contributed by atoms with van der Waals surface area (Å²) >= 11 is 0. The molecule has 0 atom stereocenters. The Morgan fingerprint density at radius 2 is 2.00 bits per heavy atom. The van der Waals surface area contributed by atoms with Gasteiger partial charge in [0.1, 0.15) is 11.6 Å². The summed E-state index contributed by atoms with van der Waals surface area (Å²) in [4.78, 5) is 4.67. The smallest absolute Gasteiger partial charge is 0.181 e. The minimum atomic E-state index is 0.411. The number of para-hydroxylation sites is 1. The molecule has 0 spiro atoms. The summed E-state index contributed by atoms with van der Waals surface area (Å²) in [7, 11) is 0. The summed E-state index contributed by atoms with van der Waals surface area (Å²) in [5.41, 5.74) is 1.97. The van der Waals surface area contributed by atoms with Crippen molar-refractivity contribution in [1.29, 1.82) is 0 Å². The lowest BCUT2D eigenvalue weighted by Crippen LogP contribution is -2.15. The summed E-state index contributed by atoms with van der Waals surface area (Å²) in [5, 5.41) is 7.46. The Balaban J connectivity index is 1.64. The van der Waals surface area contributed by atoms with Crippen LogP contribution in [-0.2, 0) is 4.74 Å². The highest BCUT2D eigenvalue weighted by Crippen LogP contribution is 2.29. The Morgan fingerprint density at radius 3 is 2.91 bits per heavy atom. The summed E-state index contributed by atoms with van der Waals surface area (Å²) in [6.07, 6.45) is 7.62. The second-order valence-electron chi connectivity index (χ2n) is 5.49. The minimum Gasteiger partial charge on any atom is -0.464 e. The molecule has 22 heavy (non-hydrogen) atoms. The van der Waals surface area contributed by atoms with Crippen LogP contribution < -0.4 is 4.74 Å². The molecule has 0 unspecified atom stereocenters. The van der Waals surface area contributed by atoms with E-state index in [2.05, 4.69) is 21.3 Å². The van der Waals surface area contributed by atoms with Crippen molar-refractivity contribution in [2.24, 2.45) is 0 Å². The molecule has 2 aromatic rings. The molecular weight excluding hydrogens is 278 g/mol. The molecule has 1 aromatic carbocycles. The van der Waals surface area contributed by atoms with Crippen LogP contribution >= 0.6 is 0 Å². The molecule has 0 saturated carbocycles. The molecule has 5 heteroatoms. The van der Waals surface area contributed by atoms with Crippen LogP contribution in [0, 0.1) is 0 Å². The third-order valence-corrected chi connectivity index (χ3v) is 4.04. The Morgan fingerprint density at radius 1 is 1.14 bits per heavy atom. The van der Waals surface area contributed by atoms with Crippen molar-refractivity contribution in [3.63, 3.8) is 0 Å². The topological polar surface area (TPSA) is 60.0 Å². The summed E-state index contributed by atoms with van der Waals surface area (Å²) < 4.78 is 11.0. The molecule has 5 nitrogen and oxygen atoms in total. The SMILES string of the molecule is C1=CC(c2n[nH]c(C3CCOCC3)n2)=Cc2ccccc2O1. The van der Waals surface area contributed by atoms with Crippen LogP contribution in [0.1, 0.15) is 36.0 Å². The van der Waals surface area contributed by atoms with E-state index in [4.69, 9.17) is 9.47 Å². The van der Waals surface area contributed by atoms with E-state index in [-0.39, 0.29) is 0 Å². The molecule has 0 amide bonds. The van der Waals surface area contributed by atoms with Crippen LogP contribution in [0.15, 0.2) is 36.6 Å². The number of hydrogen-bond donors (Lipinski definition) is 1. The number of rotatable bonds is 2. The predicted molar refractivity (Wildman–Crippen MR) is 83.3 cm³/mol. The van der Waals surface area contributed by atoms with Gasteiger partial charge in [-0.2, -0.15) is 5.10 Å². The van der Waals surface area contributed by atoms with E-state index in [9.17, 15) is 0 Å². The fourth-order valence-electron chi connectivity index (χ4n) is 2.80. The van der Waals surface area contributed by atoms with Crippen LogP contribution in [0.2, 0.25) is 0 Å². The molecule has 4 rings (SSSR count). The molecule has 1 saturated heterocycles. The number of nitrogens with zero attached hydrogens (tertiary/aromatic N) is 2. The van der Waals surface area contributed by atoms with Crippen LogP contribution in [0.4, 0.5) is 0 Å². The van der Waals surface area contributed by atoms with Crippen LogP contribution in [0.25, 0.3) is 11.6 Å². The first kappa shape index (κ1) is 13.3. The van der Waals surface area contributed by atoms with Crippen LogP contribution in [0.5, 0.6) is 5.75 Å². The third kappa shape index (κ3) is 2.55. The van der Waals surface area contributed by atoms with Crippen molar-refractivity contribution in [3.8, 4) is 5.75 Å². The lowest BCUT2D eigenvalue weighted by molar-refractivity contribution is 0.0836. The van der Waals surface area contributed by atoms with Gasteiger partial charge in [-0.15, -0.1) is 0 Å². The zero-order valence-electron chi connectivity index (χ0n) is 12.2. The number of hydrogen-bond acceptors (Lipinski definition) is 4. The van der Waals surface area contributed by atoms with Gasteiger partial charge in [0, 0.05) is 30.3 Å². The van der Waals surface area contributed by atoms with Crippen molar-refractivity contribution in [1.82, 2.24) is 15.2 Å². The molecule has 2 aliphatic heterocycles. The fraction of sp³-hybridized carbons (Fsp3) is 0.294. The molecule has 1 fully saturated rings. The number of ether oxygens (including phenoxy) is 2. The van der Waals surface area contributed by atoms with E-state index in [1.807, 2.05) is 30.3 Å². The van der Waals surface area contributed by atoms with Crippen molar-refractivity contribution >= 4 is 11.6 Å². The fourth-order valence-corrected chi connectivity index (χ4v) is 2.80. The number of nitrogens with one attached hydrogen (secondary N) is 1. The highest BCUT2D eigenvalue weighted by molar-refractivity contribution is 5.86. The van der Waals surface area contributed by atoms with E-state index in [1.54, 1.807) is 6.26 Å². The van der Waals surface area contributed by atoms with Gasteiger partial charge in [0.05, 0.1) is 6.26 Å². The summed E-state index contributed by atoms with van der Waals surface area (Å²) in [6, 6.07) is 7.92. The van der Waals surface area contributed by atoms with Gasteiger partial charge in [-0.05, 0) is 31.1 Å². The first-order chi connectivity index (χ1) is 10.9. The van der Waals surface area contributed by atoms with Gasteiger partial charge in [-0.3, -0.25) is 5.10 Å². The van der Waals surface area contributed by atoms with Gasteiger partial charge in [0.15, 0.2) is 5.82 Å². The van der Waals surface area contributed by atoms with Gasteiger partial charge >= 0.3 is 0 Å². The summed E-state index contributed by atoms with van der Waals surface area (Å²) in [6.45, 7) is 1.59. The molecule has 112 valence electrons. The number of allylic oxidation sites excluding steroid dienone is 2. The average Bonchev–Trinajstić information content (AvgIpc) is 2.96. The maximum Gasteiger partial charge on any atom is 0.181 e. The highest BCUT2D eigenvalue weighted by atomic mass is 16.5. The van der Waals surface area contributed by atoms with E-state index in [0.29, 0.717) is 11.7 Å². The lowest BCUT2D eigenvalue weighted by atomic mass is 10.00. The number of aromatic amines is 1. The largest absolute Gasteiger partial charge is 0.464 e. The minimum absolute atomic E-state index is 0.411. The average molecular weight is 295 g/mol. The molecular formula is C17H17N3O2. The molecule has 2 aliphatic rings.